The lowest BCUT2D eigenvalue weighted by Crippen LogP contribution is -2.29. The molecule has 0 spiro atoms. The van der Waals surface area contributed by atoms with E-state index in [4.69, 9.17) is 11.6 Å². The number of rotatable bonds is 3. The number of benzene rings is 1. The summed E-state index contributed by atoms with van der Waals surface area (Å²) >= 11 is 7.83. The zero-order valence-electron chi connectivity index (χ0n) is 15.3. The average molecular weight is 554 g/mol. The first-order chi connectivity index (χ1) is 14.1. The fourth-order valence-electron chi connectivity index (χ4n) is 3.38. The highest BCUT2D eigenvalue weighted by atomic mass is 127. The highest BCUT2D eigenvalue weighted by molar-refractivity contribution is 14.1. The molecule has 1 aliphatic rings. The lowest BCUT2D eigenvalue weighted by Gasteiger charge is -2.16. The molecule has 1 amide bonds. The van der Waals surface area contributed by atoms with E-state index in [0.29, 0.717) is 15.1 Å². The largest absolute Gasteiger partial charge is 0.436 e. The zero-order valence-corrected chi connectivity index (χ0v) is 18.2. The van der Waals surface area contributed by atoms with Crippen LogP contribution in [0.15, 0.2) is 30.5 Å². The molecule has 30 heavy (non-hydrogen) atoms. The molecular weight excluding hydrogens is 541 g/mol. The summed E-state index contributed by atoms with van der Waals surface area (Å²) in [6.45, 7) is 1.68. The highest BCUT2D eigenvalue weighted by Gasteiger charge is 2.42. The molecule has 2 aromatic heterocycles. The van der Waals surface area contributed by atoms with Crippen molar-refractivity contribution in [2.45, 2.75) is 25.6 Å². The molecular formula is C18H13ClF4IN5O. The van der Waals surface area contributed by atoms with Gasteiger partial charge in [-0.05, 0) is 60.2 Å². The minimum Gasteiger partial charge on any atom is -0.307 e. The van der Waals surface area contributed by atoms with Gasteiger partial charge in [0.15, 0.2) is 5.69 Å². The fourth-order valence-corrected chi connectivity index (χ4v) is 4.45. The highest BCUT2D eigenvalue weighted by Crippen LogP contribution is 2.38. The minimum atomic E-state index is -4.71. The Hall–Kier alpha value is -2.15. The van der Waals surface area contributed by atoms with Crippen LogP contribution in [0.3, 0.4) is 0 Å². The third kappa shape index (κ3) is 3.47. The Morgan fingerprint density at radius 3 is 2.50 bits per heavy atom. The average Bonchev–Trinajstić information content (AvgIpc) is 3.32. The Labute approximate surface area is 186 Å². The predicted molar refractivity (Wildman–Crippen MR) is 109 cm³/mol. The van der Waals surface area contributed by atoms with E-state index in [0.717, 1.165) is 4.68 Å². The molecule has 158 valence electrons. The number of carbonyl (C=O) groups excluding carboxylic acids is 1. The van der Waals surface area contributed by atoms with Gasteiger partial charge in [0, 0.05) is 6.54 Å². The Balaban J connectivity index is 1.64. The van der Waals surface area contributed by atoms with Crippen LogP contribution in [0.5, 0.6) is 0 Å². The van der Waals surface area contributed by atoms with Crippen molar-refractivity contribution < 1.29 is 22.4 Å². The van der Waals surface area contributed by atoms with E-state index in [1.807, 2.05) is 22.6 Å². The molecule has 1 aromatic carbocycles. The quantitative estimate of drug-likeness (QED) is 0.347. The minimum absolute atomic E-state index is 0.0842. The van der Waals surface area contributed by atoms with Gasteiger partial charge < -0.3 is 4.90 Å². The second-order valence-corrected chi connectivity index (χ2v) is 8.09. The number of anilines is 1. The van der Waals surface area contributed by atoms with Gasteiger partial charge in [-0.1, -0.05) is 11.6 Å². The molecule has 1 aliphatic heterocycles. The molecule has 1 fully saturated rings. The Kier molecular flexibility index (Phi) is 5.29. The third-order valence-corrected chi connectivity index (χ3v) is 6.33. The van der Waals surface area contributed by atoms with Crippen molar-refractivity contribution in [3.63, 3.8) is 0 Å². The number of halogens is 6. The lowest BCUT2D eigenvalue weighted by molar-refractivity contribution is -0.141. The fraction of sp³-hybridized carbons (Fsp3) is 0.278. The summed E-state index contributed by atoms with van der Waals surface area (Å²) in [6, 6.07) is 4.80. The number of carbonyl (C=O) groups is 1. The normalized spacial score (nSPS) is 17.2. The van der Waals surface area contributed by atoms with E-state index in [9.17, 15) is 22.4 Å². The van der Waals surface area contributed by atoms with Gasteiger partial charge in [-0.3, -0.25) is 9.48 Å². The van der Waals surface area contributed by atoms with Crippen LogP contribution >= 0.6 is 34.2 Å². The summed E-state index contributed by atoms with van der Waals surface area (Å²) in [4.78, 5) is 14.5. The standard InChI is InChI=1S/C18H13ClF4IN5O/c1-9-14(19)15(18(21,22)23)26-28(9)12-6-7-27(17(12)30)13-8-25-29(16(13)24)11-4-2-10(20)3-5-11/h2-5,8,12H,6-7H2,1H3. The molecule has 0 bridgehead atoms. The molecule has 0 radical (unpaired) electrons. The van der Waals surface area contributed by atoms with Gasteiger partial charge in [0.2, 0.25) is 0 Å². The SMILES string of the molecule is Cc1c(Cl)c(C(F)(F)F)nn1C1CCN(c2cnn(-c3ccc(F)cc3)c2I)C1=O. The van der Waals surface area contributed by atoms with Gasteiger partial charge in [0.05, 0.1) is 28.3 Å². The Morgan fingerprint density at radius 2 is 1.90 bits per heavy atom. The van der Waals surface area contributed by atoms with Crippen LogP contribution in [0.25, 0.3) is 5.69 Å². The number of hydrogen-bond acceptors (Lipinski definition) is 3. The molecule has 3 heterocycles. The second kappa shape index (κ2) is 7.52. The van der Waals surface area contributed by atoms with Crippen molar-refractivity contribution >= 4 is 45.8 Å². The molecule has 1 saturated heterocycles. The van der Waals surface area contributed by atoms with Gasteiger partial charge in [-0.25, -0.2) is 9.07 Å². The van der Waals surface area contributed by atoms with Crippen molar-refractivity contribution in [1.82, 2.24) is 19.6 Å². The van der Waals surface area contributed by atoms with E-state index in [-0.39, 0.29) is 24.5 Å². The van der Waals surface area contributed by atoms with Crippen LogP contribution in [0.2, 0.25) is 5.02 Å². The van der Waals surface area contributed by atoms with E-state index in [1.54, 1.807) is 16.8 Å². The van der Waals surface area contributed by atoms with Gasteiger partial charge in [0.1, 0.15) is 15.6 Å². The molecule has 6 nitrogen and oxygen atoms in total. The second-order valence-electron chi connectivity index (χ2n) is 6.69. The van der Waals surface area contributed by atoms with E-state index >= 15 is 0 Å². The van der Waals surface area contributed by atoms with E-state index < -0.39 is 28.8 Å². The Morgan fingerprint density at radius 1 is 1.23 bits per heavy atom. The molecule has 1 atom stereocenters. The summed E-state index contributed by atoms with van der Waals surface area (Å²) in [7, 11) is 0. The van der Waals surface area contributed by atoms with Gasteiger partial charge in [-0.15, -0.1) is 0 Å². The summed E-state index contributed by atoms with van der Waals surface area (Å²) < 4.78 is 55.7. The monoisotopic (exact) mass is 553 g/mol. The van der Waals surface area contributed by atoms with E-state index in [1.165, 1.54) is 30.2 Å². The van der Waals surface area contributed by atoms with Crippen LogP contribution in [0.1, 0.15) is 23.9 Å². The van der Waals surface area contributed by atoms with Crippen molar-refractivity contribution in [2.75, 3.05) is 11.4 Å². The van der Waals surface area contributed by atoms with Gasteiger partial charge in [-0.2, -0.15) is 23.4 Å². The third-order valence-electron chi connectivity index (χ3n) is 4.87. The van der Waals surface area contributed by atoms with Crippen LogP contribution < -0.4 is 4.90 Å². The Bertz CT molecular complexity index is 1130. The van der Waals surface area contributed by atoms with E-state index in [2.05, 4.69) is 10.2 Å². The first kappa shape index (κ1) is 21.1. The lowest BCUT2D eigenvalue weighted by atomic mass is 10.2. The van der Waals surface area contributed by atoms with Crippen LogP contribution in [0, 0.1) is 16.4 Å². The van der Waals surface area contributed by atoms with Crippen molar-refractivity contribution in [2.24, 2.45) is 0 Å². The number of amides is 1. The summed E-state index contributed by atoms with van der Waals surface area (Å²) in [5.41, 5.74) is 0.00617. The van der Waals surface area contributed by atoms with Crippen molar-refractivity contribution in [3.8, 4) is 5.69 Å². The molecule has 0 N–H and O–H groups in total. The number of nitrogens with zero attached hydrogens (tertiary/aromatic N) is 5. The molecule has 12 heteroatoms. The summed E-state index contributed by atoms with van der Waals surface area (Å²) in [5.74, 6) is -0.784. The van der Waals surface area contributed by atoms with Crippen LogP contribution in [-0.4, -0.2) is 32.0 Å². The number of hydrogen-bond donors (Lipinski definition) is 0. The maximum Gasteiger partial charge on any atom is 0.436 e. The van der Waals surface area contributed by atoms with Gasteiger partial charge in [0.25, 0.3) is 5.91 Å². The van der Waals surface area contributed by atoms with Crippen molar-refractivity contribution in [3.05, 3.63) is 56.4 Å². The maximum absolute atomic E-state index is 13.2. The van der Waals surface area contributed by atoms with Crippen LogP contribution in [0.4, 0.5) is 23.2 Å². The summed E-state index contributed by atoms with van der Waals surface area (Å²) in [5, 5.41) is 7.33. The molecule has 4 rings (SSSR count). The maximum atomic E-state index is 13.2. The summed E-state index contributed by atoms with van der Waals surface area (Å²) in [6.07, 6.45) is -2.94. The van der Waals surface area contributed by atoms with Gasteiger partial charge >= 0.3 is 6.18 Å². The number of alkyl halides is 3. The molecule has 0 saturated carbocycles. The molecule has 1 unspecified atom stereocenters. The molecule has 0 aliphatic carbocycles. The molecule has 3 aromatic rings. The smallest absolute Gasteiger partial charge is 0.307 e. The van der Waals surface area contributed by atoms with Crippen LogP contribution in [-0.2, 0) is 11.0 Å². The zero-order chi connectivity index (χ0) is 21.8. The first-order valence-corrected chi connectivity index (χ1v) is 10.2. The predicted octanol–water partition coefficient (Wildman–Crippen LogP) is 4.77. The first-order valence-electron chi connectivity index (χ1n) is 8.72. The van der Waals surface area contributed by atoms with Crippen molar-refractivity contribution in [1.29, 1.82) is 0 Å². The topological polar surface area (TPSA) is 56.0 Å². The number of aromatic nitrogens is 4.